The maximum absolute atomic E-state index is 11.3. The summed E-state index contributed by atoms with van der Waals surface area (Å²) >= 11 is 0. The Morgan fingerprint density at radius 1 is 1.21 bits per heavy atom. The second-order valence-corrected chi connectivity index (χ2v) is 5.06. The topological polar surface area (TPSA) is 35.5 Å². The van der Waals surface area contributed by atoms with Crippen LogP contribution >= 0.6 is 0 Å². The normalized spacial score (nSPS) is 11.1. The fourth-order valence-corrected chi connectivity index (χ4v) is 2.13. The highest BCUT2D eigenvalue weighted by molar-refractivity contribution is 6.26. The largest absolute Gasteiger partial charge is 0.767 e. The van der Waals surface area contributed by atoms with E-state index < -0.39 is 9.17 Å². The third-order valence-electron chi connectivity index (χ3n) is 1.93. The molecule has 0 amide bonds. The minimum atomic E-state index is -2.29. The van der Waals surface area contributed by atoms with Gasteiger partial charge in [-0.15, -0.1) is 0 Å². The van der Waals surface area contributed by atoms with Crippen LogP contribution in [0, 0.1) is 0 Å². The lowest BCUT2D eigenvalue weighted by atomic mass is 10.0. The van der Waals surface area contributed by atoms with Crippen molar-refractivity contribution in [3.8, 4) is 0 Å². The summed E-state index contributed by atoms with van der Waals surface area (Å²) in [5.41, 5.74) is -0.322. The summed E-state index contributed by atoms with van der Waals surface area (Å²) in [5.74, 6) is 0. The van der Waals surface area contributed by atoms with Crippen LogP contribution in [0.5, 0.6) is 0 Å². The average molecular weight is 218 g/mol. The molecule has 0 N–H and O–H groups in total. The van der Waals surface area contributed by atoms with Crippen molar-refractivity contribution in [2.45, 2.75) is 59.0 Å². The van der Waals surface area contributed by atoms with Crippen molar-refractivity contribution < 1.29 is 13.3 Å². The molecule has 0 radical (unpaired) electrons. The zero-order valence-electron chi connectivity index (χ0n) is 9.76. The SMILES string of the molecule is CCCCO[Si](=O)OC(C)(C)CCC. The van der Waals surface area contributed by atoms with E-state index in [1.54, 1.807) is 0 Å². The van der Waals surface area contributed by atoms with Crippen LogP contribution in [0.4, 0.5) is 0 Å². The molecular formula is C10H22O3Si. The Morgan fingerprint density at radius 2 is 1.86 bits per heavy atom. The van der Waals surface area contributed by atoms with Gasteiger partial charge in [0, 0.05) is 0 Å². The van der Waals surface area contributed by atoms with E-state index in [2.05, 4.69) is 13.8 Å². The highest BCUT2D eigenvalue weighted by Gasteiger charge is 2.24. The molecule has 0 aliphatic rings. The van der Waals surface area contributed by atoms with Gasteiger partial charge in [0.2, 0.25) is 0 Å². The maximum atomic E-state index is 11.3. The summed E-state index contributed by atoms with van der Waals surface area (Å²) < 4.78 is 21.8. The minimum absolute atomic E-state index is 0.322. The molecule has 0 aliphatic carbocycles. The summed E-state index contributed by atoms with van der Waals surface area (Å²) in [4.78, 5) is 0. The maximum Gasteiger partial charge on any atom is 0.767 e. The van der Waals surface area contributed by atoms with Crippen molar-refractivity contribution in [2.24, 2.45) is 0 Å². The average Bonchev–Trinajstić information content (AvgIpc) is 2.03. The molecular weight excluding hydrogens is 196 g/mol. The number of hydrogen-bond donors (Lipinski definition) is 0. The Morgan fingerprint density at radius 3 is 2.36 bits per heavy atom. The Labute approximate surface area is 88.7 Å². The fraction of sp³-hybridized carbons (Fsp3) is 1.00. The van der Waals surface area contributed by atoms with Crippen LogP contribution in [-0.2, 0) is 13.3 Å². The van der Waals surface area contributed by atoms with Crippen molar-refractivity contribution in [3.05, 3.63) is 0 Å². The van der Waals surface area contributed by atoms with Crippen LogP contribution in [0.2, 0.25) is 0 Å². The first-order valence-electron chi connectivity index (χ1n) is 5.37. The van der Waals surface area contributed by atoms with Gasteiger partial charge in [0.1, 0.15) is 0 Å². The van der Waals surface area contributed by atoms with Crippen molar-refractivity contribution in [1.29, 1.82) is 0 Å². The number of hydrogen-bond acceptors (Lipinski definition) is 3. The third-order valence-corrected chi connectivity index (χ3v) is 3.09. The summed E-state index contributed by atoms with van der Waals surface area (Å²) in [7, 11) is -2.29. The van der Waals surface area contributed by atoms with E-state index >= 15 is 0 Å². The second-order valence-electron chi connectivity index (χ2n) is 4.06. The van der Waals surface area contributed by atoms with Gasteiger partial charge in [0.25, 0.3) is 0 Å². The van der Waals surface area contributed by atoms with Gasteiger partial charge in [-0.05, 0) is 26.7 Å². The molecule has 4 heteroatoms. The number of unbranched alkanes of at least 4 members (excludes halogenated alkanes) is 1. The van der Waals surface area contributed by atoms with Gasteiger partial charge in [0.05, 0.1) is 12.2 Å². The summed E-state index contributed by atoms with van der Waals surface area (Å²) in [6.07, 6.45) is 3.92. The molecule has 0 aromatic heterocycles. The molecule has 0 saturated heterocycles. The van der Waals surface area contributed by atoms with Crippen molar-refractivity contribution in [2.75, 3.05) is 6.61 Å². The Hall–Kier alpha value is -0.383. The van der Waals surface area contributed by atoms with Crippen LogP contribution in [0.1, 0.15) is 53.4 Å². The monoisotopic (exact) mass is 218 g/mol. The molecule has 0 aromatic rings. The standard InChI is InChI=1S/C10H22O3Si/c1-5-7-9-12-14(11)13-10(3,4)8-6-2/h5-9H2,1-4H3. The van der Waals surface area contributed by atoms with Crippen LogP contribution < -0.4 is 0 Å². The van der Waals surface area contributed by atoms with E-state index in [0.29, 0.717) is 6.61 Å². The van der Waals surface area contributed by atoms with E-state index in [0.717, 1.165) is 25.7 Å². The molecule has 0 saturated carbocycles. The minimum Gasteiger partial charge on any atom is -0.496 e. The first-order valence-corrected chi connectivity index (χ1v) is 6.60. The zero-order valence-corrected chi connectivity index (χ0v) is 10.8. The summed E-state index contributed by atoms with van der Waals surface area (Å²) in [5, 5.41) is 0. The molecule has 0 rings (SSSR count). The first-order chi connectivity index (χ1) is 6.52. The van der Waals surface area contributed by atoms with Crippen molar-refractivity contribution in [3.63, 3.8) is 0 Å². The Kier molecular flexibility index (Phi) is 6.79. The third kappa shape index (κ3) is 7.06. The van der Waals surface area contributed by atoms with Crippen LogP contribution in [-0.4, -0.2) is 21.4 Å². The lowest BCUT2D eigenvalue weighted by molar-refractivity contribution is 0.0455. The molecule has 84 valence electrons. The van der Waals surface area contributed by atoms with E-state index in [4.69, 9.17) is 8.85 Å². The molecule has 3 nitrogen and oxygen atoms in total. The summed E-state index contributed by atoms with van der Waals surface area (Å²) in [6, 6.07) is 0. The Bertz CT molecular complexity index is 169. The van der Waals surface area contributed by atoms with Crippen LogP contribution in [0.15, 0.2) is 0 Å². The fourth-order valence-electron chi connectivity index (χ4n) is 1.21. The molecule has 0 spiro atoms. The molecule has 0 fully saturated rings. The predicted molar refractivity (Wildman–Crippen MR) is 57.4 cm³/mol. The van der Waals surface area contributed by atoms with Gasteiger partial charge in [-0.1, -0.05) is 26.7 Å². The van der Waals surface area contributed by atoms with Gasteiger partial charge in [-0.3, -0.25) is 4.46 Å². The molecule has 0 unspecified atom stereocenters. The highest BCUT2D eigenvalue weighted by Crippen LogP contribution is 2.16. The Balaban J connectivity index is 3.69. The van der Waals surface area contributed by atoms with Crippen molar-refractivity contribution >= 4 is 9.17 Å². The summed E-state index contributed by atoms with van der Waals surface area (Å²) in [6.45, 7) is 8.59. The first kappa shape index (κ1) is 13.6. The van der Waals surface area contributed by atoms with E-state index in [9.17, 15) is 4.46 Å². The van der Waals surface area contributed by atoms with Crippen LogP contribution in [0.25, 0.3) is 0 Å². The molecule has 0 atom stereocenters. The molecule has 0 aliphatic heterocycles. The molecule has 0 aromatic carbocycles. The van der Waals surface area contributed by atoms with Gasteiger partial charge in [0.15, 0.2) is 0 Å². The number of rotatable bonds is 8. The molecule has 14 heavy (non-hydrogen) atoms. The smallest absolute Gasteiger partial charge is 0.496 e. The lowest BCUT2D eigenvalue weighted by Crippen LogP contribution is -2.30. The van der Waals surface area contributed by atoms with E-state index in [1.165, 1.54) is 0 Å². The quantitative estimate of drug-likeness (QED) is 0.464. The highest BCUT2D eigenvalue weighted by atomic mass is 28.3. The van der Waals surface area contributed by atoms with Gasteiger partial charge in [-0.25, -0.2) is 0 Å². The molecule has 0 bridgehead atoms. The van der Waals surface area contributed by atoms with E-state index in [-0.39, 0.29) is 5.60 Å². The van der Waals surface area contributed by atoms with Crippen molar-refractivity contribution in [1.82, 2.24) is 0 Å². The predicted octanol–water partition coefficient (Wildman–Crippen LogP) is 2.81. The second kappa shape index (κ2) is 6.98. The molecule has 0 heterocycles. The van der Waals surface area contributed by atoms with E-state index in [1.807, 2.05) is 13.8 Å². The van der Waals surface area contributed by atoms with Crippen LogP contribution in [0.3, 0.4) is 0 Å². The lowest BCUT2D eigenvalue weighted by Gasteiger charge is -2.24. The van der Waals surface area contributed by atoms with Gasteiger partial charge >= 0.3 is 9.17 Å². The van der Waals surface area contributed by atoms with Gasteiger partial charge < -0.3 is 8.85 Å². The van der Waals surface area contributed by atoms with Gasteiger partial charge in [-0.2, -0.15) is 0 Å². The zero-order chi connectivity index (χ0) is 11.0.